The summed E-state index contributed by atoms with van der Waals surface area (Å²) < 4.78 is 3.23. The average Bonchev–Trinajstić information content (AvgIpc) is 3.32. The van der Waals surface area contributed by atoms with E-state index in [0.717, 1.165) is 49.9 Å². The number of thiophene rings is 1. The fourth-order valence-corrected chi connectivity index (χ4v) is 4.71. The lowest BCUT2D eigenvalue weighted by atomic mass is 10.2. The number of fused-ring (bicyclic) bond motifs is 2. The number of aliphatic hydroxyl groups excluding tert-OH is 1. The maximum absolute atomic E-state index is 9.11. The Kier molecular flexibility index (Phi) is 4.27. The van der Waals surface area contributed by atoms with E-state index in [-0.39, 0.29) is 6.61 Å². The highest BCUT2D eigenvalue weighted by Crippen LogP contribution is 2.33. The summed E-state index contributed by atoms with van der Waals surface area (Å²) in [5.41, 5.74) is 1.90. The van der Waals surface area contributed by atoms with Gasteiger partial charge in [0.25, 0.3) is 0 Å². The minimum Gasteiger partial charge on any atom is -0.395 e. The molecule has 3 aromatic heterocycles. The summed E-state index contributed by atoms with van der Waals surface area (Å²) in [6.45, 7) is 4.72. The van der Waals surface area contributed by atoms with Crippen LogP contribution < -0.4 is 4.90 Å². The highest BCUT2D eigenvalue weighted by Gasteiger charge is 2.19. The van der Waals surface area contributed by atoms with Gasteiger partial charge in [-0.05, 0) is 29.7 Å². The van der Waals surface area contributed by atoms with Crippen molar-refractivity contribution in [2.24, 2.45) is 0 Å². The zero-order valence-electron chi connectivity index (χ0n) is 15.0. The fourth-order valence-electron chi connectivity index (χ4n) is 3.65. The van der Waals surface area contributed by atoms with Crippen LogP contribution in [0.2, 0.25) is 0 Å². The van der Waals surface area contributed by atoms with Gasteiger partial charge in [0.1, 0.15) is 11.5 Å². The molecule has 0 bridgehead atoms. The van der Waals surface area contributed by atoms with Crippen LogP contribution in [0.1, 0.15) is 0 Å². The monoisotopic (exact) mass is 379 g/mol. The summed E-state index contributed by atoms with van der Waals surface area (Å²) >= 11 is 1.77. The molecular formula is C20H21N5OS. The Balaban J connectivity index is 1.48. The van der Waals surface area contributed by atoms with Gasteiger partial charge in [-0.2, -0.15) is 0 Å². The Hall–Kier alpha value is -2.48. The lowest BCUT2D eigenvalue weighted by molar-refractivity contribution is 0.188. The van der Waals surface area contributed by atoms with Crippen LogP contribution in [0.3, 0.4) is 0 Å². The van der Waals surface area contributed by atoms with Crippen molar-refractivity contribution in [3.05, 3.63) is 48.7 Å². The third kappa shape index (κ3) is 3.07. The first-order chi connectivity index (χ1) is 13.3. The van der Waals surface area contributed by atoms with E-state index < -0.39 is 0 Å². The lowest BCUT2D eigenvalue weighted by Crippen LogP contribution is -2.47. The van der Waals surface area contributed by atoms with Crippen molar-refractivity contribution in [2.75, 3.05) is 44.2 Å². The molecule has 1 fully saturated rings. The number of nitrogens with zero attached hydrogens (tertiary/aromatic N) is 5. The third-order valence-electron chi connectivity index (χ3n) is 5.14. The average molecular weight is 379 g/mol. The van der Waals surface area contributed by atoms with Crippen molar-refractivity contribution in [1.82, 2.24) is 19.5 Å². The largest absolute Gasteiger partial charge is 0.395 e. The Morgan fingerprint density at radius 3 is 2.70 bits per heavy atom. The first-order valence-electron chi connectivity index (χ1n) is 9.24. The number of hydrogen-bond donors (Lipinski definition) is 1. The zero-order valence-corrected chi connectivity index (χ0v) is 15.8. The quantitative estimate of drug-likeness (QED) is 0.591. The van der Waals surface area contributed by atoms with Gasteiger partial charge in [-0.25, -0.2) is 9.50 Å². The molecule has 138 valence electrons. The van der Waals surface area contributed by atoms with Crippen molar-refractivity contribution >= 4 is 32.9 Å². The second-order valence-corrected chi connectivity index (χ2v) is 7.89. The molecule has 0 radical (unpaired) electrons. The number of imidazole rings is 1. The number of aromatic nitrogens is 3. The molecule has 1 aromatic carbocycles. The number of rotatable bonds is 4. The van der Waals surface area contributed by atoms with E-state index in [1.165, 1.54) is 15.0 Å². The number of β-amino-alcohol motifs (C(OH)–C–C–N with tert-alkyl or cyclic N) is 1. The summed E-state index contributed by atoms with van der Waals surface area (Å²) in [6.07, 6.45) is 1.91. The van der Waals surface area contributed by atoms with Crippen molar-refractivity contribution < 1.29 is 5.11 Å². The van der Waals surface area contributed by atoms with E-state index in [1.54, 1.807) is 11.3 Å². The van der Waals surface area contributed by atoms with Crippen molar-refractivity contribution in [3.8, 4) is 10.6 Å². The molecule has 1 aliphatic heterocycles. The first-order valence-corrected chi connectivity index (χ1v) is 10.1. The summed E-state index contributed by atoms with van der Waals surface area (Å²) in [6, 6.07) is 14.7. The predicted molar refractivity (Wildman–Crippen MR) is 110 cm³/mol. The Morgan fingerprint density at radius 2 is 1.89 bits per heavy atom. The SMILES string of the molecule is OCCN1CCN(c2ccc3ncc(-c4cc5ccccc5s4)n3n2)CC1. The van der Waals surface area contributed by atoms with Gasteiger partial charge < -0.3 is 10.0 Å². The summed E-state index contributed by atoms with van der Waals surface area (Å²) in [5, 5.41) is 15.3. The second kappa shape index (κ2) is 6.92. The van der Waals surface area contributed by atoms with E-state index in [9.17, 15) is 0 Å². The van der Waals surface area contributed by atoms with E-state index >= 15 is 0 Å². The van der Waals surface area contributed by atoms with Gasteiger partial charge in [0.2, 0.25) is 0 Å². The molecule has 0 aliphatic carbocycles. The molecule has 1 N–H and O–H groups in total. The molecular weight excluding hydrogens is 358 g/mol. The first kappa shape index (κ1) is 16.7. The third-order valence-corrected chi connectivity index (χ3v) is 6.28. The molecule has 0 spiro atoms. The number of aliphatic hydroxyl groups is 1. The lowest BCUT2D eigenvalue weighted by Gasteiger charge is -2.34. The van der Waals surface area contributed by atoms with Crippen LogP contribution >= 0.6 is 11.3 Å². The van der Waals surface area contributed by atoms with Gasteiger partial charge in [-0.1, -0.05) is 18.2 Å². The summed E-state index contributed by atoms with van der Waals surface area (Å²) in [5.74, 6) is 0.978. The van der Waals surface area contributed by atoms with Crippen molar-refractivity contribution in [1.29, 1.82) is 0 Å². The molecule has 5 rings (SSSR count). The molecule has 4 aromatic rings. The van der Waals surface area contributed by atoms with Crippen molar-refractivity contribution in [3.63, 3.8) is 0 Å². The maximum Gasteiger partial charge on any atom is 0.154 e. The molecule has 6 nitrogen and oxygen atoms in total. The van der Waals surface area contributed by atoms with E-state index in [4.69, 9.17) is 10.2 Å². The molecule has 1 saturated heterocycles. The van der Waals surface area contributed by atoms with E-state index in [2.05, 4.69) is 51.2 Å². The smallest absolute Gasteiger partial charge is 0.154 e. The number of benzene rings is 1. The normalized spacial score (nSPS) is 15.8. The van der Waals surface area contributed by atoms with Crippen LogP contribution in [0, 0.1) is 0 Å². The topological polar surface area (TPSA) is 56.9 Å². The van der Waals surface area contributed by atoms with Crippen LogP contribution in [0.15, 0.2) is 48.7 Å². The predicted octanol–water partition coefficient (Wildman–Crippen LogP) is 2.73. The highest BCUT2D eigenvalue weighted by atomic mass is 32.1. The summed E-state index contributed by atoms with van der Waals surface area (Å²) in [7, 11) is 0. The maximum atomic E-state index is 9.11. The minimum atomic E-state index is 0.220. The van der Waals surface area contributed by atoms with E-state index in [1.807, 2.05) is 16.8 Å². The molecule has 0 unspecified atom stereocenters. The van der Waals surface area contributed by atoms with Crippen LogP contribution in [0.5, 0.6) is 0 Å². The number of hydrogen-bond acceptors (Lipinski definition) is 6. The van der Waals surface area contributed by atoms with Gasteiger partial charge >= 0.3 is 0 Å². The Morgan fingerprint density at radius 1 is 1.04 bits per heavy atom. The van der Waals surface area contributed by atoms with Gasteiger partial charge in [0, 0.05) is 37.4 Å². The van der Waals surface area contributed by atoms with Crippen LogP contribution in [-0.2, 0) is 0 Å². The minimum absolute atomic E-state index is 0.220. The molecule has 7 heteroatoms. The number of anilines is 1. The fraction of sp³-hybridized carbons (Fsp3) is 0.300. The van der Waals surface area contributed by atoms with E-state index in [0.29, 0.717) is 0 Å². The van der Waals surface area contributed by atoms with Gasteiger partial charge in [-0.3, -0.25) is 4.90 Å². The van der Waals surface area contributed by atoms with Crippen LogP contribution in [0.25, 0.3) is 26.3 Å². The Bertz CT molecular complexity index is 1050. The zero-order chi connectivity index (χ0) is 18.2. The molecule has 27 heavy (non-hydrogen) atoms. The molecule has 0 saturated carbocycles. The summed E-state index contributed by atoms with van der Waals surface area (Å²) in [4.78, 5) is 10.3. The molecule has 0 atom stereocenters. The van der Waals surface area contributed by atoms with Crippen LogP contribution in [-0.4, -0.2) is 63.9 Å². The second-order valence-electron chi connectivity index (χ2n) is 6.81. The van der Waals surface area contributed by atoms with Gasteiger partial charge in [0.15, 0.2) is 5.65 Å². The van der Waals surface area contributed by atoms with Crippen molar-refractivity contribution in [2.45, 2.75) is 0 Å². The van der Waals surface area contributed by atoms with Crippen LogP contribution in [0.4, 0.5) is 5.82 Å². The standard InChI is InChI=1S/C20H21N5OS/c26-12-11-23-7-9-24(10-8-23)20-6-5-19-21-14-16(25(19)22-20)18-13-15-3-1-2-4-17(15)27-18/h1-6,13-14,26H,7-12H2. The number of piperazine rings is 1. The highest BCUT2D eigenvalue weighted by molar-refractivity contribution is 7.22. The van der Waals surface area contributed by atoms with Gasteiger partial charge in [-0.15, -0.1) is 16.4 Å². The molecule has 1 aliphatic rings. The molecule has 0 amide bonds. The Labute approximate surface area is 161 Å². The molecule has 4 heterocycles. The van der Waals surface area contributed by atoms with Gasteiger partial charge in [0.05, 0.1) is 17.7 Å².